The summed E-state index contributed by atoms with van der Waals surface area (Å²) in [7, 11) is 0. The first-order chi connectivity index (χ1) is 7.13. The zero-order valence-electron chi connectivity index (χ0n) is 8.63. The maximum Gasteiger partial charge on any atom is 0.0451 e. The van der Waals surface area contributed by atoms with Gasteiger partial charge in [0.15, 0.2) is 0 Å². The van der Waals surface area contributed by atoms with Crippen LogP contribution in [0.4, 0.5) is 0 Å². The average molecular weight is 248 g/mol. The third-order valence-electron chi connectivity index (χ3n) is 2.21. The maximum absolute atomic E-state index is 8.75. The highest BCUT2D eigenvalue weighted by atomic mass is 35.5. The number of nitrogens with one attached hydrogen (secondary N) is 1. The molecule has 84 valence electrons. The number of hydrogen-bond acceptors (Lipinski definition) is 2. The molecule has 0 aliphatic rings. The van der Waals surface area contributed by atoms with Gasteiger partial charge in [-0.1, -0.05) is 23.2 Å². The molecule has 0 bridgehead atoms. The summed E-state index contributed by atoms with van der Waals surface area (Å²) in [5, 5.41) is 13.4. The van der Waals surface area contributed by atoms with E-state index in [1.807, 2.05) is 13.0 Å². The van der Waals surface area contributed by atoms with Crippen LogP contribution in [-0.2, 0) is 6.54 Å². The molecule has 1 rings (SSSR count). The van der Waals surface area contributed by atoms with E-state index >= 15 is 0 Å². The Labute approximate surface area is 100 Å². The van der Waals surface area contributed by atoms with Crippen LogP contribution in [0.5, 0.6) is 0 Å². The number of aliphatic hydroxyl groups excluding tert-OH is 1. The Hall–Kier alpha value is -0.280. The average Bonchev–Trinajstić information content (AvgIpc) is 2.20. The molecule has 0 radical (unpaired) electrons. The molecule has 0 aromatic heterocycles. The molecule has 0 saturated heterocycles. The van der Waals surface area contributed by atoms with Crippen LogP contribution < -0.4 is 5.32 Å². The first kappa shape index (κ1) is 12.8. The predicted molar refractivity (Wildman–Crippen MR) is 64.5 cm³/mol. The maximum atomic E-state index is 8.75. The van der Waals surface area contributed by atoms with Gasteiger partial charge in [0.05, 0.1) is 0 Å². The number of aliphatic hydroxyl groups is 1. The molecule has 0 spiro atoms. The summed E-state index contributed by atoms with van der Waals surface area (Å²) < 4.78 is 0. The lowest BCUT2D eigenvalue weighted by molar-refractivity contribution is 0.268. The largest absolute Gasteiger partial charge is 0.396 e. The third kappa shape index (κ3) is 4.39. The van der Waals surface area contributed by atoms with Gasteiger partial charge >= 0.3 is 0 Å². The van der Waals surface area contributed by atoms with E-state index in [4.69, 9.17) is 28.3 Å². The molecule has 4 heteroatoms. The van der Waals surface area contributed by atoms with E-state index < -0.39 is 0 Å². The summed E-state index contributed by atoms with van der Waals surface area (Å²) in [4.78, 5) is 0. The van der Waals surface area contributed by atoms with E-state index in [-0.39, 0.29) is 12.6 Å². The highest BCUT2D eigenvalue weighted by molar-refractivity contribution is 6.33. The zero-order chi connectivity index (χ0) is 11.3. The second-order valence-corrected chi connectivity index (χ2v) is 4.37. The van der Waals surface area contributed by atoms with E-state index in [1.165, 1.54) is 0 Å². The van der Waals surface area contributed by atoms with Crippen molar-refractivity contribution in [3.8, 4) is 0 Å². The molecule has 1 aromatic carbocycles. The van der Waals surface area contributed by atoms with Crippen molar-refractivity contribution < 1.29 is 5.11 Å². The SMILES string of the molecule is C[C@H](CCO)NCc1cc(Cl)ccc1Cl. The van der Waals surface area contributed by atoms with Gasteiger partial charge in [-0.05, 0) is 37.1 Å². The monoisotopic (exact) mass is 247 g/mol. The lowest BCUT2D eigenvalue weighted by Gasteiger charge is -2.13. The summed E-state index contributed by atoms with van der Waals surface area (Å²) in [6.07, 6.45) is 0.734. The highest BCUT2D eigenvalue weighted by Crippen LogP contribution is 2.20. The van der Waals surface area contributed by atoms with Crippen LogP contribution in [-0.4, -0.2) is 17.8 Å². The number of rotatable bonds is 5. The van der Waals surface area contributed by atoms with E-state index in [2.05, 4.69) is 5.32 Å². The Morgan fingerprint density at radius 1 is 1.40 bits per heavy atom. The normalized spacial score (nSPS) is 12.8. The van der Waals surface area contributed by atoms with Gasteiger partial charge in [0.1, 0.15) is 0 Å². The lowest BCUT2D eigenvalue weighted by Crippen LogP contribution is -2.26. The molecular weight excluding hydrogens is 233 g/mol. The number of hydrogen-bond donors (Lipinski definition) is 2. The van der Waals surface area contributed by atoms with Gasteiger partial charge in [-0.15, -0.1) is 0 Å². The summed E-state index contributed by atoms with van der Waals surface area (Å²) in [5.74, 6) is 0. The van der Waals surface area contributed by atoms with Crippen LogP contribution in [0.15, 0.2) is 18.2 Å². The van der Waals surface area contributed by atoms with Gasteiger partial charge < -0.3 is 10.4 Å². The Morgan fingerprint density at radius 3 is 2.80 bits per heavy atom. The molecule has 0 heterocycles. The van der Waals surface area contributed by atoms with Gasteiger partial charge in [0.2, 0.25) is 0 Å². The fourth-order valence-electron chi connectivity index (χ4n) is 1.26. The molecule has 0 aliphatic heterocycles. The van der Waals surface area contributed by atoms with E-state index in [0.717, 1.165) is 12.0 Å². The van der Waals surface area contributed by atoms with Crippen molar-refractivity contribution in [3.05, 3.63) is 33.8 Å². The van der Waals surface area contributed by atoms with Crippen LogP contribution in [0.3, 0.4) is 0 Å². The van der Waals surface area contributed by atoms with Crippen molar-refractivity contribution in [2.75, 3.05) is 6.61 Å². The molecular formula is C11H15Cl2NO. The minimum Gasteiger partial charge on any atom is -0.396 e. The standard InChI is InChI=1S/C11H15Cl2NO/c1-8(4-5-15)14-7-9-6-10(12)2-3-11(9)13/h2-3,6,8,14-15H,4-5,7H2,1H3/t8-/m1/s1. The summed E-state index contributed by atoms with van der Waals surface area (Å²) in [6.45, 7) is 2.88. The molecule has 0 saturated carbocycles. The lowest BCUT2D eigenvalue weighted by atomic mass is 10.2. The fourth-order valence-corrected chi connectivity index (χ4v) is 1.64. The van der Waals surface area contributed by atoms with Gasteiger partial charge in [-0.2, -0.15) is 0 Å². The van der Waals surface area contributed by atoms with Crippen LogP contribution in [0.1, 0.15) is 18.9 Å². The van der Waals surface area contributed by atoms with Crippen LogP contribution in [0, 0.1) is 0 Å². The van der Waals surface area contributed by atoms with Crippen LogP contribution in [0.2, 0.25) is 10.0 Å². The van der Waals surface area contributed by atoms with Crippen molar-refractivity contribution in [3.63, 3.8) is 0 Å². The Bertz CT molecular complexity index is 317. The Morgan fingerprint density at radius 2 is 2.13 bits per heavy atom. The quantitative estimate of drug-likeness (QED) is 0.839. The molecule has 2 nitrogen and oxygen atoms in total. The molecule has 15 heavy (non-hydrogen) atoms. The van der Waals surface area contributed by atoms with Gasteiger partial charge in [0.25, 0.3) is 0 Å². The molecule has 0 aliphatic carbocycles. The Balaban J connectivity index is 2.53. The number of halogens is 2. The summed E-state index contributed by atoms with van der Waals surface area (Å²) in [6, 6.07) is 5.68. The second kappa shape index (κ2) is 6.33. The van der Waals surface area contributed by atoms with E-state index in [0.29, 0.717) is 16.6 Å². The molecule has 1 aromatic rings. The molecule has 0 fully saturated rings. The highest BCUT2D eigenvalue weighted by Gasteiger charge is 2.04. The smallest absolute Gasteiger partial charge is 0.0451 e. The third-order valence-corrected chi connectivity index (χ3v) is 2.81. The van der Waals surface area contributed by atoms with Crippen molar-refractivity contribution >= 4 is 23.2 Å². The van der Waals surface area contributed by atoms with Gasteiger partial charge in [0, 0.05) is 29.2 Å². The van der Waals surface area contributed by atoms with Crippen LogP contribution in [0.25, 0.3) is 0 Å². The molecule has 0 unspecified atom stereocenters. The van der Waals surface area contributed by atoms with E-state index in [9.17, 15) is 0 Å². The van der Waals surface area contributed by atoms with Crippen LogP contribution >= 0.6 is 23.2 Å². The molecule has 1 atom stereocenters. The Kier molecular flexibility index (Phi) is 5.40. The second-order valence-electron chi connectivity index (χ2n) is 3.53. The minimum atomic E-state index is 0.192. The van der Waals surface area contributed by atoms with Gasteiger partial charge in [-0.25, -0.2) is 0 Å². The van der Waals surface area contributed by atoms with Crippen molar-refractivity contribution in [2.45, 2.75) is 25.9 Å². The topological polar surface area (TPSA) is 32.3 Å². The van der Waals surface area contributed by atoms with E-state index in [1.54, 1.807) is 12.1 Å². The zero-order valence-corrected chi connectivity index (χ0v) is 10.1. The first-order valence-electron chi connectivity index (χ1n) is 4.91. The van der Waals surface area contributed by atoms with Crippen molar-refractivity contribution in [2.24, 2.45) is 0 Å². The van der Waals surface area contributed by atoms with Gasteiger partial charge in [-0.3, -0.25) is 0 Å². The summed E-state index contributed by atoms with van der Waals surface area (Å²) >= 11 is 11.9. The minimum absolute atomic E-state index is 0.192. The molecule has 2 N–H and O–H groups in total. The predicted octanol–water partition coefficient (Wildman–Crippen LogP) is 2.85. The van der Waals surface area contributed by atoms with Crippen molar-refractivity contribution in [1.82, 2.24) is 5.32 Å². The first-order valence-corrected chi connectivity index (χ1v) is 5.67. The fraction of sp³-hybridized carbons (Fsp3) is 0.455. The van der Waals surface area contributed by atoms with Crippen molar-refractivity contribution in [1.29, 1.82) is 0 Å². The summed E-state index contributed by atoms with van der Waals surface area (Å²) in [5.41, 5.74) is 0.981. The molecule has 0 amide bonds. The number of benzene rings is 1.